The summed E-state index contributed by atoms with van der Waals surface area (Å²) in [5.41, 5.74) is 3.41. The van der Waals surface area contributed by atoms with E-state index in [0.717, 1.165) is 41.2 Å². The Morgan fingerprint density at radius 3 is 2.23 bits per heavy atom. The minimum atomic E-state index is -4.81. The molecule has 0 radical (unpaired) electrons. The number of piperidine rings is 1. The molecule has 222 valence electrons. The maximum absolute atomic E-state index is 12.8. The Labute approximate surface area is 228 Å². The molecule has 2 fully saturated rings. The molecule has 3 heterocycles. The summed E-state index contributed by atoms with van der Waals surface area (Å²) in [4.78, 5) is 14.9. The molecule has 0 saturated carbocycles. The molecule has 0 bridgehead atoms. The zero-order valence-electron chi connectivity index (χ0n) is 22.4. The van der Waals surface area contributed by atoms with Gasteiger partial charge in [-0.05, 0) is 51.1 Å². The predicted molar refractivity (Wildman–Crippen MR) is 137 cm³/mol. The van der Waals surface area contributed by atoms with Gasteiger partial charge in [0.2, 0.25) is 0 Å². The second-order valence-corrected chi connectivity index (χ2v) is 10.6. The van der Waals surface area contributed by atoms with Crippen molar-refractivity contribution in [1.29, 1.82) is 0 Å². The van der Waals surface area contributed by atoms with Crippen molar-refractivity contribution in [3.63, 3.8) is 0 Å². The molecule has 0 unspecified atom stereocenters. The Bertz CT molecular complexity index is 1180. The maximum atomic E-state index is 12.8. The highest BCUT2D eigenvalue weighted by atomic mass is 19.4. The Hall–Kier alpha value is -3.06. The fourth-order valence-corrected chi connectivity index (χ4v) is 5.07. The minimum Gasteiger partial charge on any atom is -0.508 e. The molecular formula is C27H34F6N4O3. The number of nitrogens with zero attached hydrogens (tertiary/aromatic N) is 4. The van der Waals surface area contributed by atoms with Crippen LogP contribution in [0.5, 0.6) is 0 Å². The first-order valence-electron chi connectivity index (χ1n) is 12.9. The van der Waals surface area contributed by atoms with Crippen LogP contribution < -0.4 is 0 Å². The summed E-state index contributed by atoms with van der Waals surface area (Å²) in [6, 6.07) is 7.68. The van der Waals surface area contributed by atoms with Crippen molar-refractivity contribution in [2.45, 2.75) is 58.0 Å². The highest BCUT2D eigenvalue weighted by Gasteiger charge is 2.47. The fourth-order valence-electron chi connectivity index (χ4n) is 5.07. The summed E-state index contributed by atoms with van der Waals surface area (Å²) in [5, 5.41) is 21.9. The van der Waals surface area contributed by atoms with Crippen LogP contribution in [0.2, 0.25) is 0 Å². The van der Waals surface area contributed by atoms with E-state index in [9.17, 15) is 36.2 Å². The van der Waals surface area contributed by atoms with Gasteiger partial charge in [0, 0.05) is 55.1 Å². The van der Waals surface area contributed by atoms with Crippen LogP contribution in [0.25, 0.3) is 17.0 Å². The molecule has 0 atom stereocenters. The zero-order chi connectivity index (χ0) is 29.9. The highest BCUT2D eigenvalue weighted by Crippen LogP contribution is 2.42. The summed E-state index contributed by atoms with van der Waals surface area (Å²) < 4.78 is 71.9. The summed E-state index contributed by atoms with van der Waals surface area (Å²) in [6.07, 6.45) is -5.07. The van der Waals surface area contributed by atoms with Gasteiger partial charge in [0.05, 0.1) is 5.69 Å². The van der Waals surface area contributed by atoms with E-state index >= 15 is 0 Å². The van der Waals surface area contributed by atoms with Crippen LogP contribution in [-0.4, -0.2) is 80.8 Å². The van der Waals surface area contributed by atoms with Gasteiger partial charge >= 0.3 is 18.3 Å². The molecule has 4 rings (SSSR count). The van der Waals surface area contributed by atoms with Crippen LogP contribution in [0.3, 0.4) is 0 Å². The SMILES string of the molecule is C=C(O)c1cccc(-c2nn(C(C)C)cc2CN2CCC3(CCN(C(=O)C(F)(F)F)CC3)C2)c1.OCC(F)(F)F. The van der Waals surface area contributed by atoms with Crippen molar-refractivity contribution in [2.75, 3.05) is 32.8 Å². The van der Waals surface area contributed by atoms with E-state index in [4.69, 9.17) is 10.2 Å². The van der Waals surface area contributed by atoms with E-state index in [1.807, 2.05) is 22.9 Å². The normalized spacial score (nSPS) is 17.7. The molecule has 2 aromatic rings. The molecule has 2 aliphatic heterocycles. The van der Waals surface area contributed by atoms with Gasteiger partial charge in [-0.1, -0.05) is 24.8 Å². The second-order valence-electron chi connectivity index (χ2n) is 10.6. The van der Waals surface area contributed by atoms with Crippen LogP contribution in [0.15, 0.2) is 37.0 Å². The third-order valence-electron chi connectivity index (χ3n) is 7.25. The first kappa shape index (κ1) is 31.5. The number of aliphatic hydroxyl groups excluding tert-OH is 2. The molecule has 1 amide bonds. The zero-order valence-corrected chi connectivity index (χ0v) is 22.4. The van der Waals surface area contributed by atoms with Crippen molar-refractivity contribution in [1.82, 2.24) is 19.6 Å². The fraction of sp³-hybridized carbons (Fsp3) is 0.556. The number of amides is 1. The Morgan fingerprint density at radius 2 is 1.70 bits per heavy atom. The number of aliphatic hydroxyl groups is 2. The number of alkyl halides is 6. The first-order chi connectivity index (χ1) is 18.5. The Kier molecular flexibility index (Phi) is 9.61. The van der Waals surface area contributed by atoms with E-state index in [0.29, 0.717) is 24.9 Å². The van der Waals surface area contributed by atoms with E-state index in [1.165, 1.54) is 0 Å². The predicted octanol–water partition coefficient (Wildman–Crippen LogP) is 5.58. The highest BCUT2D eigenvalue weighted by molar-refractivity contribution is 5.82. The van der Waals surface area contributed by atoms with E-state index in [2.05, 4.69) is 31.5 Å². The molecule has 1 spiro atoms. The molecule has 1 aromatic carbocycles. The number of carbonyl (C=O) groups excluding carboxylic acids is 1. The van der Waals surface area contributed by atoms with Crippen LogP contribution in [0.1, 0.15) is 50.3 Å². The average Bonchev–Trinajstić information content (AvgIpc) is 3.48. The summed E-state index contributed by atoms with van der Waals surface area (Å²) in [6.45, 7) is 8.64. The van der Waals surface area contributed by atoms with Crippen molar-refractivity contribution in [3.05, 3.63) is 48.2 Å². The molecular weight excluding hydrogens is 542 g/mol. The standard InChI is InChI=1S/C25H31F3N4O2.C2H3F3O/c1-17(2)32-15-21(22(29-32)20-6-4-5-19(13-20)18(3)33)14-30-10-7-24(16-30)8-11-31(12-9-24)23(34)25(26,27)28;3-2(4,5)1-6/h4-6,13,15,17,33H,3,7-12,14,16H2,1-2H3;6H,1H2. The number of aromatic nitrogens is 2. The van der Waals surface area contributed by atoms with Crippen LogP contribution >= 0.6 is 0 Å². The molecule has 2 N–H and O–H groups in total. The van der Waals surface area contributed by atoms with Gasteiger partial charge in [-0.2, -0.15) is 31.4 Å². The lowest BCUT2D eigenvalue weighted by molar-refractivity contribution is -0.187. The minimum absolute atomic E-state index is 0.00326. The Morgan fingerprint density at radius 1 is 1.10 bits per heavy atom. The summed E-state index contributed by atoms with van der Waals surface area (Å²) in [5.74, 6) is -1.72. The number of hydrogen-bond donors (Lipinski definition) is 2. The summed E-state index contributed by atoms with van der Waals surface area (Å²) in [7, 11) is 0. The van der Waals surface area contributed by atoms with Crippen molar-refractivity contribution >= 4 is 11.7 Å². The molecule has 2 saturated heterocycles. The summed E-state index contributed by atoms with van der Waals surface area (Å²) >= 11 is 0. The second kappa shape index (κ2) is 12.2. The van der Waals surface area contributed by atoms with Gasteiger partial charge < -0.3 is 15.1 Å². The van der Waals surface area contributed by atoms with Gasteiger partial charge in [0.25, 0.3) is 0 Å². The van der Waals surface area contributed by atoms with Crippen LogP contribution in [0.4, 0.5) is 26.3 Å². The van der Waals surface area contributed by atoms with Gasteiger partial charge in [0.1, 0.15) is 12.4 Å². The van der Waals surface area contributed by atoms with Crippen LogP contribution in [0, 0.1) is 5.41 Å². The number of rotatable bonds is 5. The quantitative estimate of drug-likeness (QED) is 0.359. The van der Waals surface area contributed by atoms with Crippen LogP contribution in [-0.2, 0) is 11.3 Å². The molecule has 1 aromatic heterocycles. The lowest BCUT2D eigenvalue weighted by Crippen LogP contribution is -2.48. The van der Waals surface area contributed by atoms with Gasteiger partial charge in [0.15, 0.2) is 0 Å². The third-order valence-corrected chi connectivity index (χ3v) is 7.25. The Balaban J connectivity index is 0.000000663. The third kappa shape index (κ3) is 8.00. The number of benzene rings is 1. The monoisotopic (exact) mass is 576 g/mol. The molecule has 2 aliphatic rings. The molecule has 0 aliphatic carbocycles. The van der Waals surface area contributed by atoms with Gasteiger partial charge in [-0.25, -0.2) is 0 Å². The number of hydrogen-bond acceptors (Lipinski definition) is 5. The topological polar surface area (TPSA) is 81.8 Å². The number of halogens is 6. The van der Waals surface area contributed by atoms with E-state index in [-0.39, 0.29) is 30.3 Å². The maximum Gasteiger partial charge on any atom is 0.471 e. The first-order valence-corrected chi connectivity index (χ1v) is 12.9. The molecule has 40 heavy (non-hydrogen) atoms. The van der Waals surface area contributed by atoms with Crippen molar-refractivity contribution in [2.24, 2.45) is 5.41 Å². The lowest BCUT2D eigenvalue weighted by atomic mass is 9.78. The lowest BCUT2D eigenvalue weighted by Gasteiger charge is -2.39. The smallest absolute Gasteiger partial charge is 0.471 e. The largest absolute Gasteiger partial charge is 0.508 e. The van der Waals surface area contributed by atoms with Gasteiger partial charge in [-0.15, -0.1) is 0 Å². The van der Waals surface area contributed by atoms with E-state index in [1.54, 1.807) is 6.07 Å². The number of likely N-dealkylation sites (tertiary alicyclic amines) is 2. The van der Waals surface area contributed by atoms with E-state index < -0.39 is 24.9 Å². The molecule has 13 heteroatoms. The average molecular weight is 577 g/mol. The van der Waals surface area contributed by atoms with Gasteiger partial charge in [-0.3, -0.25) is 14.4 Å². The number of carbonyl (C=O) groups is 1. The van der Waals surface area contributed by atoms with Crippen molar-refractivity contribution < 1.29 is 41.4 Å². The molecule has 7 nitrogen and oxygen atoms in total. The van der Waals surface area contributed by atoms with Crippen molar-refractivity contribution in [3.8, 4) is 11.3 Å².